The molecule has 1 aromatic carbocycles. The van der Waals surface area contributed by atoms with Crippen molar-refractivity contribution in [2.45, 2.75) is 31.9 Å². The first-order valence-corrected chi connectivity index (χ1v) is 6.19. The van der Waals surface area contributed by atoms with E-state index in [0.29, 0.717) is 12.0 Å². The predicted octanol–water partition coefficient (Wildman–Crippen LogP) is 1.99. The topological polar surface area (TPSA) is 44.5 Å². The summed E-state index contributed by atoms with van der Waals surface area (Å²) < 4.78 is 10.9. The molecule has 1 aliphatic heterocycles. The molecule has 0 amide bonds. The van der Waals surface area contributed by atoms with E-state index in [4.69, 9.17) is 15.2 Å². The van der Waals surface area contributed by atoms with E-state index in [0.717, 1.165) is 25.2 Å². The van der Waals surface area contributed by atoms with Gasteiger partial charge in [-0.3, -0.25) is 0 Å². The van der Waals surface area contributed by atoms with Gasteiger partial charge in [0.2, 0.25) is 0 Å². The van der Waals surface area contributed by atoms with Crippen molar-refractivity contribution in [3.05, 3.63) is 29.8 Å². The van der Waals surface area contributed by atoms with Crippen LogP contribution in [0.15, 0.2) is 24.3 Å². The summed E-state index contributed by atoms with van der Waals surface area (Å²) in [7, 11) is 1.70. The second-order valence-electron chi connectivity index (χ2n) is 4.82. The second-order valence-corrected chi connectivity index (χ2v) is 4.82. The second kappa shape index (κ2) is 5.52. The standard InChI is InChI=1S/C14H21NO2/c1-10-7-12(9-17-10)13(15)8-11-5-3-4-6-14(11)16-2/h3-6,10,12-13H,7-9,15H2,1-2H3. The van der Waals surface area contributed by atoms with E-state index in [1.165, 1.54) is 5.56 Å². The van der Waals surface area contributed by atoms with Crippen molar-refractivity contribution in [2.75, 3.05) is 13.7 Å². The molecular weight excluding hydrogens is 214 g/mol. The number of nitrogens with two attached hydrogens (primary N) is 1. The predicted molar refractivity (Wildman–Crippen MR) is 68.2 cm³/mol. The first-order chi connectivity index (χ1) is 8.20. The summed E-state index contributed by atoms with van der Waals surface area (Å²) >= 11 is 0. The van der Waals surface area contributed by atoms with Crippen molar-refractivity contribution in [3.63, 3.8) is 0 Å². The highest BCUT2D eigenvalue weighted by atomic mass is 16.5. The molecule has 0 spiro atoms. The van der Waals surface area contributed by atoms with E-state index < -0.39 is 0 Å². The van der Waals surface area contributed by atoms with E-state index in [1.54, 1.807) is 7.11 Å². The first kappa shape index (κ1) is 12.4. The number of methoxy groups -OCH3 is 1. The molecule has 3 atom stereocenters. The Morgan fingerprint density at radius 2 is 2.24 bits per heavy atom. The maximum Gasteiger partial charge on any atom is 0.122 e. The number of para-hydroxylation sites is 1. The van der Waals surface area contributed by atoms with Gasteiger partial charge in [0.05, 0.1) is 19.8 Å². The van der Waals surface area contributed by atoms with Gasteiger partial charge >= 0.3 is 0 Å². The number of rotatable bonds is 4. The van der Waals surface area contributed by atoms with Crippen LogP contribution in [-0.4, -0.2) is 25.9 Å². The highest BCUT2D eigenvalue weighted by molar-refractivity contribution is 5.33. The molecule has 0 radical (unpaired) electrons. The van der Waals surface area contributed by atoms with Gasteiger partial charge in [-0.1, -0.05) is 18.2 Å². The quantitative estimate of drug-likeness (QED) is 0.868. The highest BCUT2D eigenvalue weighted by Crippen LogP contribution is 2.26. The lowest BCUT2D eigenvalue weighted by Crippen LogP contribution is -2.32. The fraction of sp³-hybridized carbons (Fsp3) is 0.571. The Morgan fingerprint density at radius 3 is 2.88 bits per heavy atom. The van der Waals surface area contributed by atoms with Gasteiger partial charge < -0.3 is 15.2 Å². The number of benzene rings is 1. The fourth-order valence-electron chi connectivity index (χ4n) is 2.44. The zero-order valence-corrected chi connectivity index (χ0v) is 10.6. The molecule has 3 unspecified atom stereocenters. The smallest absolute Gasteiger partial charge is 0.122 e. The largest absolute Gasteiger partial charge is 0.496 e. The van der Waals surface area contributed by atoms with Gasteiger partial charge in [0, 0.05) is 12.0 Å². The van der Waals surface area contributed by atoms with Crippen molar-refractivity contribution < 1.29 is 9.47 Å². The van der Waals surface area contributed by atoms with Crippen molar-refractivity contribution in [1.82, 2.24) is 0 Å². The zero-order valence-electron chi connectivity index (χ0n) is 10.6. The van der Waals surface area contributed by atoms with Gasteiger partial charge in [0.25, 0.3) is 0 Å². The zero-order chi connectivity index (χ0) is 12.3. The lowest BCUT2D eigenvalue weighted by molar-refractivity contribution is 0.118. The molecule has 1 fully saturated rings. The lowest BCUT2D eigenvalue weighted by atomic mass is 9.92. The minimum Gasteiger partial charge on any atom is -0.496 e. The monoisotopic (exact) mass is 235 g/mol. The van der Waals surface area contributed by atoms with Crippen molar-refractivity contribution >= 4 is 0 Å². The molecule has 94 valence electrons. The van der Waals surface area contributed by atoms with Crippen molar-refractivity contribution in [1.29, 1.82) is 0 Å². The van der Waals surface area contributed by atoms with Crippen LogP contribution >= 0.6 is 0 Å². The Kier molecular flexibility index (Phi) is 4.02. The average molecular weight is 235 g/mol. The third-order valence-corrected chi connectivity index (χ3v) is 3.48. The van der Waals surface area contributed by atoms with Gasteiger partial charge in [-0.15, -0.1) is 0 Å². The van der Waals surface area contributed by atoms with Crippen molar-refractivity contribution in [2.24, 2.45) is 11.7 Å². The summed E-state index contributed by atoms with van der Waals surface area (Å²) in [5, 5.41) is 0. The van der Waals surface area contributed by atoms with Crippen LogP contribution < -0.4 is 10.5 Å². The Balaban J connectivity index is 2.00. The van der Waals surface area contributed by atoms with E-state index in [2.05, 4.69) is 13.0 Å². The molecule has 0 aromatic heterocycles. The molecule has 3 nitrogen and oxygen atoms in total. The molecule has 2 N–H and O–H groups in total. The maximum absolute atomic E-state index is 6.26. The molecule has 3 heteroatoms. The van der Waals surface area contributed by atoms with Crippen LogP contribution in [-0.2, 0) is 11.2 Å². The molecule has 1 saturated heterocycles. The normalized spacial score (nSPS) is 25.8. The molecular formula is C14H21NO2. The molecule has 0 bridgehead atoms. The number of ether oxygens (including phenoxy) is 2. The molecule has 0 saturated carbocycles. The number of hydrogen-bond donors (Lipinski definition) is 1. The minimum atomic E-state index is 0.149. The van der Waals surface area contributed by atoms with Crippen LogP contribution in [0.2, 0.25) is 0 Å². The molecule has 1 aliphatic rings. The Morgan fingerprint density at radius 1 is 1.47 bits per heavy atom. The van der Waals surface area contributed by atoms with Crippen LogP contribution in [0.1, 0.15) is 18.9 Å². The van der Waals surface area contributed by atoms with Crippen LogP contribution in [0.4, 0.5) is 0 Å². The van der Waals surface area contributed by atoms with Gasteiger partial charge in [-0.25, -0.2) is 0 Å². The minimum absolute atomic E-state index is 0.149. The van der Waals surface area contributed by atoms with E-state index >= 15 is 0 Å². The number of hydrogen-bond acceptors (Lipinski definition) is 3. The molecule has 2 rings (SSSR count). The summed E-state index contributed by atoms with van der Waals surface area (Å²) in [6, 6.07) is 8.22. The molecule has 17 heavy (non-hydrogen) atoms. The first-order valence-electron chi connectivity index (χ1n) is 6.19. The Labute approximate surface area is 103 Å². The van der Waals surface area contributed by atoms with Gasteiger partial charge in [-0.2, -0.15) is 0 Å². The van der Waals surface area contributed by atoms with Gasteiger partial charge in [-0.05, 0) is 31.4 Å². The molecule has 0 aliphatic carbocycles. The Bertz CT molecular complexity index is 367. The summed E-state index contributed by atoms with van der Waals surface area (Å²) in [4.78, 5) is 0. The third kappa shape index (κ3) is 2.99. The van der Waals surface area contributed by atoms with Crippen molar-refractivity contribution in [3.8, 4) is 5.75 Å². The highest BCUT2D eigenvalue weighted by Gasteiger charge is 2.27. The summed E-state index contributed by atoms with van der Waals surface area (Å²) in [5.41, 5.74) is 7.44. The Hall–Kier alpha value is -1.06. The summed E-state index contributed by atoms with van der Waals surface area (Å²) in [5.74, 6) is 1.39. The van der Waals surface area contributed by atoms with Gasteiger partial charge in [0.1, 0.15) is 5.75 Å². The fourth-order valence-corrected chi connectivity index (χ4v) is 2.44. The summed E-state index contributed by atoms with van der Waals surface area (Å²) in [6.07, 6.45) is 2.27. The average Bonchev–Trinajstić information content (AvgIpc) is 2.77. The molecule has 1 heterocycles. The van der Waals surface area contributed by atoms with Gasteiger partial charge in [0.15, 0.2) is 0 Å². The van der Waals surface area contributed by atoms with E-state index in [1.807, 2.05) is 18.2 Å². The lowest BCUT2D eigenvalue weighted by Gasteiger charge is -2.19. The van der Waals surface area contributed by atoms with Crippen LogP contribution in [0.5, 0.6) is 5.75 Å². The maximum atomic E-state index is 6.26. The third-order valence-electron chi connectivity index (χ3n) is 3.48. The van der Waals surface area contributed by atoms with Crippen LogP contribution in [0.25, 0.3) is 0 Å². The van der Waals surface area contributed by atoms with E-state index in [-0.39, 0.29) is 6.04 Å². The summed E-state index contributed by atoms with van der Waals surface area (Å²) in [6.45, 7) is 2.90. The van der Waals surface area contributed by atoms with Crippen LogP contribution in [0.3, 0.4) is 0 Å². The van der Waals surface area contributed by atoms with Crippen LogP contribution in [0, 0.1) is 5.92 Å². The molecule has 1 aromatic rings. The SMILES string of the molecule is COc1ccccc1CC(N)C1COC(C)C1. The van der Waals surface area contributed by atoms with E-state index in [9.17, 15) is 0 Å².